The van der Waals surface area contributed by atoms with Crippen molar-refractivity contribution in [2.24, 2.45) is 4.99 Å². The maximum Gasteiger partial charge on any atom is 0.0956 e. The van der Waals surface area contributed by atoms with Crippen LogP contribution in [0, 0.1) is 0 Å². The fourth-order valence-electron chi connectivity index (χ4n) is 7.96. The predicted molar refractivity (Wildman–Crippen MR) is 218 cm³/mol. The van der Waals surface area contributed by atoms with Crippen LogP contribution in [0.2, 0.25) is 0 Å². The van der Waals surface area contributed by atoms with Crippen LogP contribution in [0.4, 0.5) is 22.7 Å². The van der Waals surface area contributed by atoms with Crippen molar-refractivity contribution in [1.29, 1.82) is 0 Å². The number of fused-ring (bicyclic) bond motifs is 6. The van der Waals surface area contributed by atoms with Gasteiger partial charge in [0, 0.05) is 33.1 Å². The molecule has 1 aliphatic rings. The third-order valence-corrected chi connectivity index (χ3v) is 10.3. The molecule has 9 aromatic rings. The lowest BCUT2D eigenvalue weighted by Gasteiger charge is -2.27. The van der Waals surface area contributed by atoms with Crippen LogP contribution in [0.25, 0.3) is 43.7 Å². The highest BCUT2D eigenvalue weighted by molar-refractivity contribution is 6.25. The minimum absolute atomic E-state index is 0.0556. The fourth-order valence-corrected chi connectivity index (χ4v) is 7.96. The van der Waals surface area contributed by atoms with E-state index in [1.165, 1.54) is 27.3 Å². The van der Waals surface area contributed by atoms with Crippen molar-refractivity contribution in [3.05, 3.63) is 211 Å². The number of hydrogen-bond donors (Lipinski definition) is 0. The minimum Gasteiger partial charge on any atom is -0.308 e. The Balaban J connectivity index is 1.27. The van der Waals surface area contributed by atoms with E-state index in [2.05, 4.69) is 199 Å². The van der Waals surface area contributed by atoms with E-state index in [9.17, 15) is 0 Å². The largest absolute Gasteiger partial charge is 0.308 e. The summed E-state index contributed by atoms with van der Waals surface area (Å²) < 4.78 is 0. The molecule has 0 aliphatic carbocycles. The van der Waals surface area contributed by atoms with Crippen molar-refractivity contribution in [3.63, 3.8) is 0 Å². The molecule has 0 amide bonds. The Morgan fingerprint density at radius 3 is 1.83 bits per heavy atom. The summed E-state index contributed by atoms with van der Waals surface area (Å²) in [5, 5.41) is 5.81. The average Bonchev–Trinajstić information content (AvgIpc) is 3.62. The van der Waals surface area contributed by atoms with E-state index in [0.29, 0.717) is 0 Å². The van der Waals surface area contributed by atoms with Crippen LogP contribution < -0.4 is 4.90 Å². The molecule has 0 N–H and O–H groups in total. The molecule has 0 radical (unpaired) electrons. The van der Waals surface area contributed by atoms with Gasteiger partial charge in [0.15, 0.2) is 0 Å². The van der Waals surface area contributed by atoms with Crippen LogP contribution in [0.15, 0.2) is 199 Å². The summed E-state index contributed by atoms with van der Waals surface area (Å²) in [6, 6.07) is 69.0. The van der Waals surface area contributed by atoms with Crippen molar-refractivity contribution in [2.75, 3.05) is 4.90 Å². The highest BCUT2D eigenvalue weighted by Gasteiger charge is 2.30. The third kappa shape index (κ3) is 4.98. The molecule has 0 spiro atoms. The van der Waals surface area contributed by atoms with Crippen molar-refractivity contribution in [3.8, 4) is 11.3 Å². The smallest absolute Gasteiger partial charge is 0.0956 e. The number of aliphatic imine (C=N–C) groups is 1. The summed E-state index contributed by atoms with van der Waals surface area (Å²) in [6.45, 7) is 0. The Morgan fingerprint density at radius 2 is 1.10 bits per heavy atom. The van der Waals surface area contributed by atoms with E-state index in [-0.39, 0.29) is 5.92 Å². The molecule has 3 heteroatoms. The van der Waals surface area contributed by atoms with Crippen LogP contribution >= 0.6 is 0 Å². The van der Waals surface area contributed by atoms with E-state index in [1.54, 1.807) is 0 Å². The molecule has 0 fully saturated rings. The Bertz CT molecular complexity index is 2740. The first-order valence-electron chi connectivity index (χ1n) is 17.8. The maximum absolute atomic E-state index is 5.57. The van der Waals surface area contributed by atoms with Crippen molar-refractivity contribution in [2.45, 2.75) is 5.92 Å². The Kier molecular flexibility index (Phi) is 7.21. The summed E-state index contributed by atoms with van der Waals surface area (Å²) >= 11 is 0. The zero-order valence-electron chi connectivity index (χ0n) is 28.4. The van der Waals surface area contributed by atoms with Gasteiger partial charge >= 0.3 is 0 Å². The molecule has 1 aliphatic heterocycles. The predicted octanol–water partition coefficient (Wildman–Crippen LogP) is 12.9. The van der Waals surface area contributed by atoms with Crippen molar-refractivity contribution in [1.82, 2.24) is 4.98 Å². The SMILES string of the molecule is c1ccc(-c2nc3c(N(c4ccccc4)c4ccccc4)cccc3c3c2ccc2ccc(C4=Nc5ccccc5C4c4ccccc4)cc23)cc1. The lowest BCUT2D eigenvalue weighted by Crippen LogP contribution is -2.11. The molecule has 1 aromatic heterocycles. The Morgan fingerprint density at radius 1 is 0.462 bits per heavy atom. The summed E-state index contributed by atoms with van der Waals surface area (Å²) in [5.41, 5.74) is 11.9. The first kappa shape index (κ1) is 30.0. The van der Waals surface area contributed by atoms with Gasteiger partial charge in [0.2, 0.25) is 0 Å². The van der Waals surface area contributed by atoms with E-state index in [0.717, 1.165) is 61.6 Å². The first-order chi connectivity index (χ1) is 25.8. The quantitative estimate of drug-likeness (QED) is 0.166. The minimum atomic E-state index is 0.0556. The lowest BCUT2D eigenvalue weighted by molar-refractivity contribution is 1.11. The zero-order valence-corrected chi connectivity index (χ0v) is 28.4. The molecule has 0 saturated carbocycles. The molecule has 10 rings (SSSR count). The summed E-state index contributed by atoms with van der Waals surface area (Å²) in [5.74, 6) is 0.0556. The topological polar surface area (TPSA) is 28.5 Å². The number of rotatable bonds is 6. The number of nitrogens with zero attached hydrogens (tertiary/aromatic N) is 3. The molecule has 3 nitrogen and oxygen atoms in total. The Hall–Kier alpha value is -6.84. The highest BCUT2D eigenvalue weighted by Crippen LogP contribution is 2.45. The molecule has 0 bridgehead atoms. The summed E-state index contributed by atoms with van der Waals surface area (Å²) in [4.78, 5) is 13.2. The van der Waals surface area contributed by atoms with Gasteiger partial charge in [0.05, 0.1) is 34.2 Å². The molecule has 1 atom stereocenters. The van der Waals surface area contributed by atoms with Gasteiger partial charge in [-0.1, -0.05) is 152 Å². The molecule has 0 saturated heterocycles. The lowest BCUT2D eigenvalue weighted by atomic mass is 9.85. The maximum atomic E-state index is 5.57. The van der Waals surface area contributed by atoms with Gasteiger partial charge in [-0.15, -0.1) is 0 Å². The molecule has 1 unspecified atom stereocenters. The number of benzene rings is 8. The van der Waals surface area contributed by atoms with Gasteiger partial charge < -0.3 is 4.90 Å². The van der Waals surface area contributed by atoms with Gasteiger partial charge in [-0.05, 0) is 69.9 Å². The van der Waals surface area contributed by atoms with Crippen LogP contribution in [0.1, 0.15) is 22.6 Å². The molecule has 2 heterocycles. The average molecular weight is 664 g/mol. The summed E-state index contributed by atoms with van der Waals surface area (Å²) in [7, 11) is 0. The number of aromatic nitrogens is 1. The van der Waals surface area contributed by atoms with Crippen molar-refractivity contribution < 1.29 is 0 Å². The molecule has 244 valence electrons. The van der Waals surface area contributed by atoms with Crippen molar-refractivity contribution >= 4 is 60.9 Å². The van der Waals surface area contributed by atoms with Gasteiger partial charge in [-0.3, -0.25) is 4.99 Å². The normalized spacial score (nSPS) is 13.7. The van der Waals surface area contributed by atoms with E-state index in [4.69, 9.17) is 9.98 Å². The highest BCUT2D eigenvalue weighted by atomic mass is 15.1. The van der Waals surface area contributed by atoms with Gasteiger partial charge in [-0.2, -0.15) is 0 Å². The second-order valence-corrected chi connectivity index (χ2v) is 13.3. The van der Waals surface area contributed by atoms with Crippen LogP contribution in [0.5, 0.6) is 0 Å². The second kappa shape index (κ2) is 12.5. The van der Waals surface area contributed by atoms with Gasteiger partial charge in [-0.25, -0.2) is 4.98 Å². The van der Waals surface area contributed by atoms with E-state index < -0.39 is 0 Å². The van der Waals surface area contributed by atoms with Crippen LogP contribution in [-0.4, -0.2) is 10.7 Å². The first-order valence-corrected chi connectivity index (χ1v) is 17.8. The van der Waals surface area contributed by atoms with Gasteiger partial charge in [0.1, 0.15) is 0 Å². The fraction of sp³-hybridized carbons (Fsp3) is 0.0204. The van der Waals surface area contributed by atoms with E-state index in [1.807, 2.05) is 0 Å². The third-order valence-electron chi connectivity index (χ3n) is 10.3. The van der Waals surface area contributed by atoms with Crippen LogP contribution in [0.3, 0.4) is 0 Å². The molecular weight excluding hydrogens is 631 g/mol. The monoisotopic (exact) mass is 663 g/mol. The number of anilines is 3. The number of hydrogen-bond acceptors (Lipinski definition) is 3. The summed E-state index contributed by atoms with van der Waals surface area (Å²) in [6.07, 6.45) is 0. The Labute approximate surface area is 302 Å². The molecule has 52 heavy (non-hydrogen) atoms. The molecular formula is C49H33N3. The molecule has 8 aromatic carbocycles. The zero-order chi connectivity index (χ0) is 34.4. The van der Waals surface area contributed by atoms with E-state index >= 15 is 0 Å². The number of pyridine rings is 1. The standard InChI is InChI=1S/C49H33N3/c1-5-16-34(17-6-1)45-39-24-13-14-26-43(39)50-48(45)36-29-28-33-30-31-41-46(42(33)32-36)40-25-15-27-44(49(40)51-47(41)35-18-7-2-8-19-35)52(37-20-9-3-10-21-37)38-22-11-4-12-23-38/h1-32,45H. The van der Waals surface area contributed by atoms with Crippen LogP contribution in [-0.2, 0) is 0 Å². The second-order valence-electron chi connectivity index (χ2n) is 13.3. The number of para-hydroxylation sites is 4. The van der Waals surface area contributed by atoms with Gasteiger partial charge in [0.25, 0.3) is 0 Å².